The molecular formula is C4H4O2Si. The number of methoxy groups -OCH3 is 1. The second-order valence-corrected chi connectivity index (χ2v) is 1.71. The molecule has 0 fully saturated rings. The molecular weight excluding hydrogens is 108 g/mol. The van der Waals surface area contributed by atoms with E-state index in [1.807, 2.05) is 0 Å². The van der Waals surface area contributed by atoms with Crippen molar-refractivity contribution >= 4 is 15.1 Å². The van der Waals surface area contributed by atoms with Crippen molar-refractivity contribution in [2.45, 2.75) is 0 Å². The molecule has 0 N–H and O–H groups in total. The summed E-state index contributed by atoms with van der Waals surface area (Å²) in [5, 5.41) is 0. The van der Waals surface area contributed by atoms with Gasteiger partial charge < -0.3 is 4.74 Å². The Morgan fingerprint density at radius 3 is 2.71 bits per heavy atom. The summed E-state index contributed by atoms with van der Waals surface area (Å²) < 4.78 is 4.22. The van der Waals surface area contributed by atoms with Gasteiger partial charge in [-0.15, -0.1) is 12.0 Å². The van der Waals surface area contributed by atoms with Gasteiger partial charge >= 0.3 is 0 Å². The minimum Gasteiger partial charge on any atom is -0.473 e. The Hall–Kier alpha value is -0.753. The third kappa shape index (κ3) is 3.07. The minimum atomic E-state index is -0.331. The highest BCUT2D eigenvalue weighted by Gasteiger charge is 1.94. The Balaban J connectivity index is 3.23. The summed E-state index contributed by atoms with van der Waals surface area (Å²) in [6.45, 7) is 0. The summed E-state index contributed by atoms with van der Waals surface area (Å²) in [5.74, 6) is 0. The Kier molecular flexibility index (Phi) is 3.07. The Morgan fingerprint density at radius 2 is 2.57 bits per heavy atom. The Labute approximate surface area is 44.7 Å². The van der Waals surface area contributed by atoms with Crippen LogP contribution < -0.4 is 0 Å². The molecule has 0 aliphatic carbocycles. The lowest BCUT2D eigenvalue weighted by atomic mass is 11.4. The fourth-order valence-corrected chi connectivity index (χ4v) is 0.330. The molecule has 0 spiro atoms. The van der Waals surface area contributed by atoms with Crippen LogP contribution in [0.15, 0.2) is 0 Å². The first-order valence-corrected chi connectivity index (χ1v) is 2.61. The summed E-state index contributed by atoms with van der Waals surface area (Å²) in [5.41, 5.74) is 1.84. The lowest BCUT2D eigenvalue weighted by Crippen LogP contribution is -2.05. The van der Waals surface area contributed by atoms with E-state index < -0.39 is 0 Å². The zero-order valence-corrected chi connectivity index (χ0v) is 4.89. The molecule has 36 valence electrons. The van der Waals surface area contributed by atoms with Gasteiger partial charge in [-0.1, -0.05) is 0 Å². The van der Waals surface area contributed by atoms with E-state index in [-0.39, 0.29) is 15.1 Å². The summed E-state index contributed by atoms with van der Waals surface area (Å²) in [4.78, 5) is 10.1. The van der Waals surface area contributed by atoms with Gasteiger partial charge in [0.05, 0.1) is 7.11 Å². The maximum atomic E-state index is 10.1. The largest absolute Gasteiger partial charge is 0.473 e. The number of terminal acetylenes is 1. The van der Waals surface area contributed by atoms with Crippen LogP contribution in [0.5, 0.6) is 0 Å². The smallest absolute Gasteiger partial charge is 0.295 e. The first kappa shape index (κ1) is 6.25. The number of carbonyl (C=O) groups excluding carboxylic acids is 1. The number of carbonyl (C=O) groups is 1. The second kappa shape index (κ2) is 3.44. The van der Waals surface area contributed by atoms with Crippen LogP contribution in [0.1, 0.15) is 0 Å². The van der Waals surface area contributed by atoms with E-state index in [9.17, 15) is 4.79 Å². The van der Waals surface area contributed by atoms with Crippen LogP contribution in [0, 0.1) is 12.0 Å². The predicted molar refractivity (Wildman–Crippen MR) is 27.0 cm³/mol. The molecule has 0 aromatic rings. The van der Waals surface area contributed by atoms with Crippen molar-refractivity contribution in [2.75, 3.05) is 7.11 Å². The van der Waals surface area contributed by atoms with Crippen molar-refractivity contribution in [1.29, 1.82) is 0 Å². The van der Waals surface area contributed by atoms with Crippen molar-refractivity contribution in [3.8, 4) is 12.0 Å². The third-order valence-corrected chi connectivity index (χ3v) is 0.912. The first-order chi connectivity index (χ1) is 3.31. The number of hydrogen-bond donors (Lipinski definition) is 0. The molecule has 0 amide bonds. The van der Waals surface area contributed by atoms with E-state index in [2.05, 4.69) is 10.3 Å². The van der Waals surface area contributed by atoms with Gasteiger partial charge in [0.1, 0.15) is 0 Å². The molecule has 0 atom stereocenters. The van der Waals surface area contributed by atoms with Crippen LogP contribution in [0.2, 0.25) is 0 Å². The first-order valence-electron chi connectivity index (χ1n) is 1.61. The Morgan fingerprint density at radius 1 is 2.00 bits per heavy atom. The zero-order chi connectivity index (χ0) is 5.70. The van der Waals surface area contributed by atoms with Gasteiger partial charge in [0.15, 0.2) is 0 Å². The molecule has 0 heterocycles. The van der Waals surface area contributed by atoms with Crippen molar-refractivity contribution in [1.82, 2.24) is 0 Å². The van der Waals surface area contributed by atoms with E-state index in [0.717, 1.165) is 0 Å². The van der Waals surface area contributed by atoms with Crippen molar-refractivity contribution in [3.63, 3.8) is 0 Å². The zero-order valence-electron chi connectivity index (χ0n) is 3.89. The Bertz CT molecular complexity index is 103. The lowest BCUT2D eigenvalue weighted by molar-refractivity contribution is 0.198. The highest BCUT2D eigenvalue weighted by Crippen LogP contribution is 1.68. The van der Waals surface area contributed by atoms with Crippen LogP contribution in [-0.2, 0) is 4.74 Å². The van der Waals surface area contributed by atoms with Crippen molar-refractivity contribution in [2.24, 2.45) is 0 Å². The molecule has 0 aromatic carbocycles. The fraction of sp³-hybridized carbons (Fsp3) is 0.250. The van der Waals surface area contributed by atoms with E-state index in [1.54, 1.807) is 0 Å². The van der Waals surface area contributed by atoms with E-state index >= 15 is 0 Å². The average molecular weight is 112 g/mol. The van der Waals surface area contributed by atoms with Gasteiger partial charge in [0.25, 0.3) is 15.1 Å². The van der Waals surface area contributed by atoms with Gasteiger partial charge in [-0.25, -0.2) is 0 Å². The van der Waals surface area contributed by atoms with Gasteiger partial charge in [-0.05, 0) is 0 Å². The predicted octanol–water partition coefficient (Wildman–Crippen LogP) is 0.0477. The van der Waals surface area contributed by atoms with Crippen molar-refractivity contribution in [3.05, 3.63) is 0 Å². The fourth-order valence-electron chi connectivity index (χ4n) is 0.110. The maximum absolute atomic E-state index is 10.1. The van der Waals surface area contributed by atoms with Gasteiger partial charge in [0, 0.05) is 0 Å². The molecule has 0 saturated carbocycles. The quantitative estimate of drug-likeness (QED) is 0.354. The molecule has 7 heavy (non-hydrogen) atoms. The molecule has 0 unspecified atom stereocenters. The summed E-state index contributed by atoms with van der Waals surface area (Å²) in [7, 11) is 1.17. The topological polar surface area (TPSA) is 26.3 Å². The van der Waals surface area contributed by atoms with E-state index in [4.69, 9.17) is 6.42 Å². The molecule has 0 saturated heterocycles. The summed E-state index contributed by atoms with van der Waals surface area (Å²) in [6.07, 6.45) is 4.77. The molecule has 0 bridgehead atoms. The molecule has 0 aliphatic rings. The van der Waals surface area contributed by atoms with Crippen LogP contribution in [0.3, 0.4) is 0 Å². The minimum absolute atomic E-state index is 0.145. The monoisotopic (exact) mass is 112 g/mol. The van der Waals surface area contributed by atoms with Crippen LogP contribution in [0.4, 0.5) is 4.79 Å². The van der Waals surface area contributed by atoms with Gasteiger partial charge in [0.2, 0.25) is 0 Å². The molecule has 0 aromatic heterocycles. The van der Waals surface area contributed by atoms with Crippen LogP contribution in [-0.4, -0.2) is 22.2 Å². The van der Waals surface area contributed by atoms with Crippen molar-refractivity contribution < 1.29 is 9.53 Å². The number of hydrogen-bond acceptors (Lipinski definition) is 2. The van der Waals surface area contributed by atoms with E-state index in [1.165, 1.54) is 7.11 Å². The van der Waals surface area contributed by atoms with Crippen LogP contribution in [0.25, 0.3) is 0 Å². The SMILES string of the molecule is C#C[Si]C(=O)OC. The van der Waals surface area contributed by atoms with Gasteiger partial charge in [-0.2, -0.15) is 0 Å². The van der Waals surface area contributed by atoms with E-state index in [0.29, 0.717) is 0 Å². The highest BCUT2D eigenvalue weighted by molar-refractivity contribution is 6.78. The van der Waals surface area contributed by atoms with Crippen LogP contribution >= 0.6 is 0 Å². The molecule has 0 aliphatic heterocycles. The molecule has 2 radical (unpaired) electrons. The standard InChI is InChI=1S/C4H4O2Si/c1-3-7-4(5)6-2/h1H,2H3. The summed E-state index contributed by atoms with van der Waals surface area (Å²) >= 11 is 0. The summed E-state index contributed by atoms with van der Waals surface area (Å²) in [6, 6.07) is 0. The average Bonchev–Trinajstić information content (AvgIpc) is 1.68. The normalized spacial score (nSPS) is 6.86. The molecule has 2 nitrogen and oxygen atoms in total. The maximum Gasteiger partial charge on any atom is 0.295 e. The third-order valence-electron chi connectivity index (χ3n) is 0.360. The lowest BCUT2D eigenvalue weighted by Gasteiger charge is -1.85. The second-order valence-electron chi connectivity index (χ2n) is 0.761. The van der Waals surface area contributed by atoms with Gasteiger partial charge in [-0.3, -0.25) is 4.79 Å². The number of ether oxygens (including phenoxy) is 1. The molecule has 0 rings (SSSR count). The molecule has 3 heteroatoms. The number of rotatable bonds is 1. The highest BCUT2D eigenvalue weighted by atomic mass is 28.2.